The maximum Gasteiger partial charge on any atom is 0.257 e. The van der Waals surface area contributed by atoms with E-state index in [2.05, 4.69) is 15.5 Å². The van der Waals surface area contributed by atoms with Gasteiger partial charge in [-0.15, -0.1) is 0 Å². The minimum absolute atomic E-state index is 0.212. The van der Waals surface area contributed by atoms with Crippen LogP contribution in [-0.2, 0) is 6.61 Å². The molecule has 164 valence electrons. The lowest BCUT2D eigenvalue weighted by Crippen LogP contribution is -2.34. The predicted octanol–water partition coefficient (Wildman–Crippen LogP) is 5.65. The van der Waals surface area contributed by atoms with Crippen LogP contribution in [0.3, 0.4) is 0 Å². The molecule has 1 fully saturated rings. The average molecular weight is 466 g/mol. The molecule has 0 radical (unpaired) electrons. The monoisotopic (exact) mass is 465 g/mol. The molecule has 1 amide bonds. The fourth-order valence-corrected chi connectivity index (χ4v) is 4.09. The topological polar surface area (TPSA) is 53.6 Å². The van der Waals surface area contributed by atoms with Gasteiger partial charge in [-0.1, -0.05) is 41.9 Å². The molecule has 3 aromatic carbocycles. The second-order valence-corrected chi connectivity index (χ2v) is 8.38. The van der Waals surface area contributed by atoms with Gasteiger partial charge in [-0.3, -0.25) is 10.1 Å². The molecule has 0 unspecified atom stereocenters. The van der Waals surface area contributed by atoms with Crippen LogP contribution in [0.15, 0.2) is 72.8 Å². The van der Waals surface area contributed by atoms with Gasteiger partial charge in [0.2, 0.25) is 0 Å². The summed E-state index contributed by atoms with van der Waals surface area (Å²) < 4.78 is 5.76. The van der Waals surface area contributed by atoms with Crippen LogP contribution in [0.1, 0.15) is 28.8 Å². The smallest absolute Gasteiger partial charge is 0.257 e. The number of nitrogens with zero attached hydrogens (tertiary/aromatic N) is 1. The van der Waals surface area contributed by atoms with Crippen molar-refractivity contribution in [2.24, 2.45) is 0 Å². The number of halogens is 1. The van der Waals surface area contributed by atoms with Gasteiger partial charge in [0.1, 0.15) is 12.4 Å². The molecule has 32 heavy (non-hydrogen) atoms. The van der Waals surface area contributed by atoms with E-state index in [1.165, 1.54) is 12.8 Å². The highest BCUT2D eigenvalue weighted by molar-refractivity contribution is 7.80. The molecule has 0 spiro atoms. The van der Waals surface area contributed by atoms with Crippen LogP contribution in [0, 0.1) is 0 Å². The minimum atomic E-state index is -0.295. The first kappa shape index (κ1) is 22.1. The summed E-state index contributed by atoms with van der Waals surface area (Å²) in [5, 5.41) is 6.60. The van der Waals surface area contributed by atoms with Crippen molar-refractivity contribution in [2.75, 3.05) is 23.3 Å². The second-order valence-electron chi connectivity index (χ2n) is 7.57. The molecule has 0 bridgehead atoms. The first-order valence-electron chi connectivity index (χ1n) is 10.5. The lowest BCUT2D eigenvalue weighted by molar-refractivity contribution is 0.0977. The zero-order chi connectivity index (χ0) is 22.3. The van der Waals surface area contributed by atoms with E-state index in [9.17, 15) is 4.79 Å². The maximum absolute atomic E-state index is 12.5. The number of rotatable bonds is 6. The van der Waals surface area contributed by atoms with E-state index in [1.807, 2.05) is 48.5 Å². The van der Waals surface area contributed by atoms with Gasteiger partial charge in [0.15, 0.2) is 5.11 Å². The van der Waals surface area contributed by atoms with Gasteiger partial charge in [-0.05, 0) is 73.1 Å². The number of carbonyl (C=O) groups excluding carboxylic acids is 1. The molecule has 2 N–H and O–H groups in total. The molecule has 0 saturated carbocycles. The van der Waals surface area contributed by atoms with Crippen LogP contribution in [0.2, 0.25) is 5.02 Å². The normalized spacial score (nSPS) is 13.0. The number of benzene rings is 3. The highest BCUT2D eigenvalue weighted by Crippen LogP contribution is 2.31. The fourth-order valence-electron chi connectivity index (χ4n) is 3.58. The van der Waals surface area contributed by atoms with E-state index in [0.717, 1.165) is 30.0 Å². The molecule has 1 saturated heterocycles. The van der Waals surface area contributed by atoms with Crippen molar-refractivity contribution in [3.63, 3.8) is 0 Å². The number of hydrogen-bond donors (Lipinski definition) is 2. The van der Waals surface area contributed by atoms with Gasteiger partial charge in [-0.25, -0.2) is 0 Å². The number of amides is 1. The van der Waals surface area contributed by atoms with Gasteiger partial charge >= 0.3 is 0 Å². The Morgan fingerprint density at radius 1 is 1.00 bits per heavy atom. The van der Waals surface area contributed by atoms with Crippen LogP contribution in [0.5, 0.6) is 5.75 Å². The molecular weight excluding hydrogens is 442 g/mol. The molecule has 4 rings (SSSR count). The summed E-state index contributed by atoms with van der Waals surface area (Å²) in [7, 11) is 0. The molecule has 1 aliphatic heterocycles. The molecule has 0 atom stereocenters. The Balaban J connectivity index is 1.29. The van der Waals surface area contributed by atoms with Crippen LogP contribution in [0.4, 0.5) is 11.4 Å². The fraction of sp³-hybridized carbons (Fsp3) is 0.200. The molecule has 7 heteroatoms. The van der Waals surface area contributed by atoms with E-state index >= 15 is 0 Å². The quantitative estimate of drug-likeness (QED) is 0.461. The van der Waals surface area contributed by atoms with Crippen molar-refractivity contribution >= 4 is 46.2 Å². The van der Waals surface area contributed by atoms with E-state index in [4.69, 9.17) is 28.6 Å². The molecule has 0 aromatic heterocycles. The van der Waals surface area contributed by atoms with Gasteiger partial charge in [0.05, 0.1) is 10.7 Å². The van der Waals surface area contributed by atoms with Crippen molar-refractivity contribution in [3.05, 3.63) is 88.9 Å². The highest BCUT2D eigenvalue weighted by Gasteiger charge is 2.16. The lowest BCUT2D eigenvalue weighted by Gasteiger charge is -2.20. The van der Waals surface area contributed by atoms with E-state index in [-0.39, 0.29) is 11.0 Å². The van der Waals surface area contributed by atoms with Gasteiger partial charge in [0, 0.05) is 24.3 Å². The van der Waals surface area contributed by atoms with E-state index in [0.29, 0.717) is 22.9 Å². The minimum Gasteiger partial charge on any atom is -0.489 e. The molecule has 1 heterocycles. The van der Waals surface area contributed by atoms with Gasteiger partial charge < -0.3 is 15.0 Å². The standard InChI is InChI=1S/C25H24ClN3O2S/c26-22-16-20(10-13-23(22)29-14-4-5-15-29)27-25(32)28-24(30)19-8-11-21(12-9-19)31-17-18-6-2-1-3-7-18/h1-3,6-13,16H,4-5,14-15,17H2,(H2,27,28,30,32). The summed E-state index contributed by atoms with van der Waals surface area (Å²) in [5.74, 6) is 0.399. The Labute approximate surface area is 198 Å². The Morgan fingerprint density at radius 3 is 2.41 bits per heavy atom. The number of ether oxygens (including phenoxy) is 1. The molecule has 1 aliphatic rings. The summed E-state index contributed by atoms with van der Waals surface area (Å²) in [6.07, 6.45) is 2.37. The van der Waals surface area contributed by atoms with Gasteiger partial charge in [0.25, 0.3) is 5.91 Å². The Hall–Kier alpha value is -3.09. The highest BCUT2D eigenvalue weighted by atomic mass is 35.5. The summed E-state index contributed by atoms with van der Waals surface area (Å²) in [4.78, 5) is 14.8. The van der Waals surface area contributed by atoms with E-state index in [1.54, 1.807) is 24.3 Å². The molecule has 3 aromatic rings. The third kappa shape index (κ3) is 5.78. The zero-order valence-corrected chi connectivity index (χ0v) is 19.1. The Bertz CT molecular complexity index is 1080. The largest absolute Gasteiger partial charge is 0.489 e. The van der Waals surface area contributed by atoms with Crippen LogP contribution in [-0.4, -0.2) is 24.1 Å². The first-order valence-corrected chi connectivity index (χ1v) is 11.3. The number of hydrogen-bond acceptors (Lipinski definition) is 4. The van der Waals surface area contributed by atoms with Crippen molar-refractivity contribution in [2.45, 2.75) is 19.4 Å². The zero-order valence-electron chi connectivity index (χ0n) is 17.5. The SMILES string of the molecule is O=C(NC(=S)Nc1ccc(N2CCCC2)c(Cl)c1)c1ccc(OCc2ccccc2)cc1. The maximum atomic E-state index is 12.5. The Morgan fingerprint density at radius 2 is 1.72 bits per heavy atom. The third-order valence-corrected chi connectivity index (χ3v) is 5.75. The molecule has 0 aliphatic carbocycles. The molecule has 5 nitrogen and oxygen atoms in total. The number of anilines is 2. The van der Waals surface area contributed by atoms with E-state index < -0.39 is 0 Å². The lowest BCUT2D eigenvalue weighted by atomic mass is 10.2. The third-order valence-electron chi connectivity index (χ3n) is 5.24. The molecular formula is C25H24ClN3O2S. The average Bonchev–Trinajstić information content (AvgIpc) is 3.33. The van der Waals surface area contributed by atoms with Crippen molar-refractivity contribution < 1.29 is 9.53 Å². The summed E-state index contributed by atoms with van der Waals surface area (Å²) in [5.41, 5.74) is 3.33. The summed E-state index contributed by atoms with van der Waals surface area (Å²) in [6, 6.07) is 22.6. The number of nitrogens with one attached hydrogen (secondary N) is 2. The van der Waals surface area contributed by atoms with Crippen LogP contribution < -0.4 is 20.3 Å². The van der Waals surface area contributed by atoms with Crippen LogP contribution in [0.25, 0.3) is 0 Å². The first-order chi connectivity index (χ1) is 15.6. The summed E-state index contributed by atoms with van der Waals surface area (Å²) in [6.45, 7) is 2.52. The Kier molecular flexibility index (Phi) is 7.24. The predicted molar refractivity (Wildman–Crippen MR) is 134 cm³/mol. The number of carbonyl (C=O) groups is 1. The van der Waals surface area contributed by atoms with Gasteiger partial charge in [-0.2, -0.15) is 0 Å². The number of thiocarbonyl (C=S) groups is 1. The van der Waals surface area contributed by atoms with Crippen molar-refractivity contribution in [3.8, 4) is 5.75 Å². The summed E-state index contributed by atoms with van der Waals surface area (Å²) >= 11 is 11.7. The second kappa shape index (κ2) is 10.5. The van der Waals surface area contributed by atoms with Crippen molar-refractivity contribution in [1.82, 2.24) is 5.32 Å². The van der Waals surface area contributed by atoms with Crippen LogP contribution >= 0.6 is 23.8 Å². The van der Waals surface area contributed by atoms with Crippen molar-refractivity contribution in [1.29, 1.82) is 0 Å².